The van der Waals surface area contributed by atoms with E-state index in [2.05, 4.69) is 4.98 Å². The topological polar surface area (TPSA) is 48.4 Å². The molecule has 1 fully saturated rings. The highest BCUT2D eigenvalue weighted by Crippen LogP contribution is 2.32. The average molecular weight is 319 g/mol. The smallest absolute Gasteiger partial charge is 0.158 e. The molecular formula is C19H29NO3. The van der Waals surface area contributed by atoms with E-state index in [1.54, 1.807) is 6.20 Å². The van der Waals surface area contributed by atoms with Crippen molar-refractivity contribution in [2.45, 2.75) is 64.6 Å². The fourth-order valence-corrected chi connectivity index (χ4v) is 3.38. The van der Waals surface area contributed by atoms with Gasteiger partial charge in [-0.2, -0.15) is 0 Å². The third-order valence-corrected chi connectivity index (χ3v) is 4.53. The Labute approximate surface area is 139 Å². The molecule has 0 spiro atoms. The molecule has 0 bridgehead atoms. The molecule has 0 amide bonds. The Morgan fingerprint density at radius 1 is 1.17 bits per heavy atom. The van der Waals surface area contributed by atoms with Crippen LogP contribution in [-0.2, 0) is 14.3 Å². The summed E-state index contributed by atoms with van der Waals surface area (Å²) in [5.41, 5.74) is 0.840. The first-order chi connectivity index (χ1) is 11.3. The van der Waals surface area contributed by atoms with Crippen LogP contribution in [0.15, 0.2) is 24.4 Å². The fraction of sp³-hybridized carbons (Fsp3) is 0.684. The molecule has 1 aliphatic rings. The summed E-state index contributed by atoms with van der Waals surface area (Å²) in [7, 11) is 0. The van der Waals surface area contributed by atoms with Crippen LogP contribution >= 0.6 is 0 Å². The van der Waals surface area contributed by atoms with Crippen LogP contribution in [0, 0.1) is 5.92 Å². The Balaban J connectivity index is 2.15. The SMILES string of the molecule is CCOC(CC(C(=O)C1CCCCC1)c1ccccn1)OCC. The minimum atomic E-state index is -0.343. The summed E-state index contributed by atoms with van der Waals surface area (Å²) >= 11 is 0. The maximum atomic E-state index is 13.1. The van der Waals surface area contributed by atoms with Gasteiger partial charge in [0.15, 0.2) is 6.29 Å². The third-order valence-electron chi connectivity index (χ3n) is 4.53. The van der Waals surface area contributed by atoms with Crippen LogP contribution in [0.2, 0.25) is 0 Å². The number of ether oxygens (including phenoxy) is 2. The second-order valence-corrected chi connectivity index (χ2v) is 6.12. The molecule has 0 aromatic carbocycles. The first kappa shape index (κ1) is 18.1. The summed E-state index contributed by atoms with van der Waals surface area (Å²) in [5, 5.41) is 0. The van der Waals surface area contributed by atoms with Crippen molar-refractivity contribution in [1.29, 1.82) is 0 Å². The number of carbonyl (C=O) groups is 1. The molecule has 4 heteroatoms. The highest BCUT2D eigenvalue weighted by Gasteiger charge is 2.32. The summed E-state index contributed by atoms with van der Waals surface area (Å²) in [6.07, 6.45) is 7.55. The number of rotatable bonds is 9. The highest BCUT2D eigenvalue weighted by molar-refractivity contribution is 5.87. The molecule has 0 N–H and O–H groups in total. The molecule has 1 heterocycles. The maximum Gasteiger partial charge on any atom is 0.158 e. The van der Waals surface area contributed by atoms with E-state index >= 15 is 0 Å². The van der Waals surface area contributed by atoms with Crippen molar-refractivity contribution in [1.82, 2.24) is 4.98 Å². The Bertz CT molecular complexity index is 451. The van der Waals surface area contributed by atoms with E-state index in [4.69, 9.17) is 9.47 Å². The fourth-order valence-electron chi connectivity index (χ4n) is 3.38. The summed E-state index contributed by atoms with van der Waals surface area (Å²) < 4.78 is 11.3. The monoisotopic (exact) mass is 319 g/mol. The molecule has 1 saturated carbocycles. The number of ketones is 1. The molecule has 4 nitrogen and oxygen atoms in total. The van der Waals surface area contributed by atoms with Crippen LogP contribution in [0.25, 0.3) is 0 Å². The lowest BCUT2D eigenvalue weighted by Gasteiger charge is -2.27. The number of hydrogen-bond acceptors (Lipinski definition) is 4. The van der Waals surface area contributed by atoms with Crippen molar-refractivity contribution in [3.8, 4) is 0 Å². The first-order valence-electron chi connectivity index (χ1n) is 8.94. The van der Waals surface area contributed by atoms with Crippen molar-refractivity contribution >= 4 is 5.78 Å². The number of nitrogens with zero attached hydrogens (tertiary/aromatic N) is 1. The van der Waals surface area contributed by atoms with Gasteiger partial charge in [0.25, 0.3) is 0 Å². The largest absolute Gasteiger partial charge is 0.353 e. The Hall–Kier alpha value is -1.26. The zero-order valence-corrected chi connectivity index (χ0v) is 14.4. The molecule has 0 saturated heterocycles. The minimum Gasteiger partial charge on any atom is -0.353 e. The standard InChI is InChI=1S/C19H29NO3/c1-3-22-18(23-4-2)14-16(17-12-8-9-13-20-17)19(21)15-10-6-5-7-11-15/h8-9,12-13,15-16,18H,3-7,10-11,14H2,1-2H3. The van der Waals surface area contributed by atoms with Crippen LogP contribution in [0.5, 0.6) is 0 Å². The minimum absolute atomic E-state index is 0.166. The second kappa shape index (κ2) is 9.78. The second-order valence-electron chi connectivity index (χ2n) is 6.12. The van der Waals surface area contributed by atoms with Gasteiger partial charge >= 0.3 is 0 Å². The summed E-state index contributed by atoms with van der Waals surface area (Å²) in [6.45, 7) is 5.06. The van der Waals surface area contributed by atoms with E-state index in [0.717, 1.165) is 31.4 Å². The van der Waals surface area contributed by atoms with Gasteiger partial charge in [0.1, 0.15) is 5.78 Å². The number of Topliss-reactive ketones (excluding diaryl/α,β-unsaturated/α-hetero) is 1. The molecule has 1 atom stereocenters. The van der Waals surface area contributed by atoms with Crippen molar-refractivity contribution < 1.29 is 14.3 Å². The van der Waals surface area contributed by atoms with Gasteiger partial charge in [-0.05, 0) is 38.8 Å². The van der Waals surface area contributed by atoms with E-state index in [1.807, 2.05) is 32.0 Å². The highest BCUT2D eigenvalue weighted by atomic mass is 16.7. The van der Waals surface area contributed by atoms with Crippen molar-refractivity contribution in [3.63, 3.8) is 0 Å². The number of carbonyl (C=O) groups excluding carboxylic acids is 1. The molecule has 1 aromatic heterocycles. The quantitative estimate of drug-likeness (QED) is 0.643. The van der Waals surface area contributed by atoms with E-state index in [0.29, 0.717) is 25.4 Å². The molecule has 1 aromatic rings. The molecule has 128 valence electrons. The maximum absolute atomic E-state index is 13.1. The van der Waals surface area contributed by atoms with Gasteiger partial charge in [0.05, 0.1) is 11.6 Å². The molecule has 0 radical (unpaired) electrons. The van der Waals surface area contributed by atoms with Gasteiger partial charge in [-0.1, -0.05) is 25.3 Å². The summed E-state index contributed by atoms with van der Waals surface area (Å²) in [4.78, 5) is 17.5. The molecular weight excluding hydrogens is 290 g/mol. The van der Waals surface area contributed by atoms with Crippen LogP contribution in [-0.4, -0.2) is 30.3 Å². The van der Waals surface area contributed by atoms with Crippen molar-refractivity contribution in [3.05, 3.63) is 30.1 Å². The molecule has 1 aliphatic carbocycles. The normalized spacial score (nSPS) is 17.3. The van der Waals surface area contributed by atoms with E-state index in [9.17, 15) is 4.79 Å². The van der Waals surface area contributed by atoms with Crippen LogP contribution in [0.4, 0.5) is 0 Å². The predicted molar refractivity (Wildman–Crippen MR) is 90.2 cm³/mol. The van der Waals surface area contributed by atoms with E-state index in [1.165, 1.54) is 6.42 Å². The number of pyridine rings is 1. The zero-order valence-electron chi connectivity index (χ0n) is 14.4. The van der Waals surface area contributed by atoms with Gasteiger partial charge in [-0.15, -0.1) is 0 Å². The lowest BCUT2D eigenvalue weighted by Crippen LogP contribution is -2.29. The number of hydrogen-bond donors (Lipinski definition) is 0. The van der Waals surface area contributed by atoms with Crippen LogP contribution in [0.1, 0.15) is 64.0 Å². The first-order valence-corrected chi connectivity index (χ1v) is 8.94. The van der Waals surface area contributed by atoms with Gasteiger partial charge in [0, 0.05) is 31.7 Å². The van der Waals surface area contributed by atoms with Gasteiger partial charge in [0.2, 0.25) is 0 Å². The lowest BCUT2D eigenvalue weighted by atomic mass is 9.79. The van der Waals surface area contributed by atoms with Gasteiger partial charge < -0.3 is 9.47 Å². The summed E-state index contributed by atoms with van der Waals surface area (Å²) in [5.74, 6) is 0.245. The predicted octanol–water partition coefficient (Wildman–Crippen LogP) is 4.10. The Morgan fingerprint density at radius 3 is 2.43 bits per heavy atom. The van der Waals surface area contributed by atoms with Crippen LogP contribution in [0.3, 0.4) is 0 Å². The summed E-state index contributed by atoms with van der Waals surface area (Å²) in [6, 6.07) is 5.77. The Kier molecular flexibility index (Phi) is 7.69. The molecule has 1 unspecified atom stereocenters. The van der Waals surface area contributed by atoms with Crippen molar-refractivity contribution in [2.75, 3.05) is 13.2 Å². The molecule has 2 rings (SSSR count). The van der Waals surface area contributed by atoms with Gasteiger partial charge in [-0.3, -0.25) is 9.78 Å². The Morgan fingerprint density at radius 2 is 1.87 bits per heavy atom. The number of aromatic nitrogens is 1. The zero-order chi connectivity index (χ0) is 16.5. The molecule has 23 heavy (non-hydrogen) atoms. The van der Waals surface area contributed by atoms with Gasteiger partial charge in [-0.25, -0.2) is 0 Å². The van der Waals surface area contributed by atoms with Crippen molar-refractivity contribution in [2.24, 2.45) is 5.92 Å². The van der Waals surface area contributed by atoms with Crippen LogP contribution < -0.4 is 0 Å². The van der Waals surface area contributed by atoms with E-state index in [-0.39, 0.29) is 18.1 Å². The lowest BCUT2D eigenvalue weighted by molar-refractivity contribution is -0.149. The molecule has 0 aliphatic heterocycles. The average Bonchev–Trinajstić information content (AvgIpc) is 2.61. The third kappa shape index (κ3) is 5.40. The van der Waals surface area contributed by atoms with E-state index < -0.39 is 0 Å².